The Hall–Kier alpha value is -0.733. The second-order valence-electron chi connectivity index (χ2n) is 7.37. The summed E-state index contributed by atoms with van der Waals surface area (Å²) in [6, 6.07) is 6.85. The fourth-order valence-electron chi connectivity index (χ4n) is 2.81. The number of hydrogen-bond donors (Lipinski definition) is 0. The van der Waals surface area contributed by atoms with E-state index in [-0.39, 0.29) is 4.90 Å². The molecule has 130 valence electrons. The Balaban J connectivity index is 2.46. The van der Waals surface area contributed by atoms with Crippen molar-refractivity contribution in [1.29, 1.82) is 0 Å². The van der Waals surface area contributed by atoms with Crippen LogP contribution in [0.25, 0.3) is 0 Å². The van der Waals surface area contributed by atoms with Gasteiger partial charge in [0.25, 0.3) is 5.91 Å². The molecule has 2 atom stereocenters. The molecule has 0 saturated carbocycles. The molecule has 1 fully saturated rings. The highest BCUT2D eigenvalue weighted by Crippen LogP contribution is 2.57. The number of ether oxygens (including phenoxy) is 1. The molecular weight excluding hydrogens is 330 g/mol. The van der Waals surface area contributed by atoms with Crippen molar-refractivity contribution in [1.82, 2.24) is 4.31 Å². The van der Waals surface area contributed by atoms with Gasteiger partial charge in [0.05, 0.1) is 4.90 Å². The molecule has 1 saturated heterocycles. The molecule has 0 radical (unpaired) electrons. The van der Waals surface area contributed by atoms with Crippen molar-refractivity contribution in [3.63, 3.8) is 0 Å². The van der Waals surface area contributed by atoms with Gasteiger partial charge in [-0.1, -0.05) is 17.7 Å². The summed E-state index contributed by atoms with van der Waals surface area (Å²) in [7, 11) is -5.70. The van der Waals surface area contributed by atoms with Crippen LogP contribution in [0.1, 0.15) is 26.3 Å². The van der Waals surface area contributed by atoms with Gasteiger partial charge in [-0.15, -0.1) is 4.31 Å². The molecule has 5 nitrogen and oxygen atoms in total. The van der Waals surface area contributed by atoms with Crippen molar-refractivity contribution in [3.8, 4) is 0 Å². The molecule has 0 aromatic heterocycles. The van der Waals surface area contributed by atoms with E-state index in [2.05, 4.69) is 0 Å². The number of aryl methyl sites for hydroxylation is 1. The third-order valence-corrected chi connectivity index (χ3v) is 6.78. The molecule has 0 N–H and O–H groups in total. The highest BCUT2D eigenvalue weighted by Gasteiger charge is 2.79. The number of sulfonamides is 1. The third kappa shape index (κ3) is 3.12. The summed E-state index contributed by atoms with van der Waals surface area (Å²) in [6.45, 7) is 13.9. The molecule has 7 heteroatoms. The lowest BCUT2D eigenvalue weighted by atomic mass is 10.2. The molecule has 1 heterocycles. The minimum absolute atomic E-state index is 0.261. The quantitative estimate of drug-likeness (QED) is 0.445. The first kappa shape index (κ1) is 18.6. The summed E-state index contributed by atoms with van der Waals surface area (Å²) in [4.78, 5) is 0.261. The smallest absolute Gasteiger partial charge is 0.254 e. The standard InChI is InChI=1S/C16H27NO4SSi/c1-8-20-16(21-23(5,6)7)15(3,4)17(16)22(18,19)14-11-9-13(2)10-12-14/h9-12H,8H2,1-7H3. The molecule has 1 aliphatic heterocycles. The summed E-state index contributed by atoms with van der Waals surface area (Å²) in [5, 5.41) is 0. The van der Waals surface area contributed by atoms with E-state index in [1.54, 1.807) is 24.3 Å². The lowest BCUT2D eigenvalue weighted by molar-refractivity contribution is -0.139. The number of hydrogen-bond acceptors (Lipinski definition) is 4. The van der Waals surface area contributed by atoms with E-state index in [1.165, 1.54) is 4.31 Å². The SMILES string of the molecule is CCOC1(O[Si](C)(C)C)N(S(=O)(=O)c2ccc(C)cc2)C1(C)C. The van der Waals surface area contributed by atoms with Crippen molar-refractivity contribution in [2.75, 3.05) is 6.61 Å². The molecular formula is C16H27NO4SSi. The van der Waals surface area contributed by atoms with Crippen LogP contribution in [0.5, 0.6) is 0 Å². The maximum atomic E-state index is 13.1. The van der Waals surface area contributed by atoms with Gasteiger partial charge in [-0.2, -0.15) is 0 Å². The minimum Gasteiger partial charge on any atom is -0.377 e. The first-order valence-electron chi connectivity index (χ1n) is 7.85. The van der Waals surface area contributed by atoms with Crippen LogP contribution in [0.15, 0.2) is 29.2 Å². The molecule has 23 heavy (non-hydrogen) atoms. The summed E-state index contributed by atoms with van der Waals surface area (Å²) in [5.74, 6) is -1.21. The average Bonchev–Trinajstić information content (AvgIpc) is 2.83. The number of nitrogens with zero attached hydrogens (tertiary/aromatic N) is 1. The highest BCUT2D eigenvalue weighted by atomic mass is 32.2. The van der Waals surface area contributed by atoms with Crippen molar-refractivity contribution in [2.45, 2.75) is 63.7 Å². The molecule has 1 aliphatic rings. The maximum absolute atomic E-state index is 13.1. The summed E-state index contributed by atoms with van der Waals surface area (Å²) < 4.78 is 39.6. The van der Waals surface area contributed by atoms with Gasteiger partial charge in [0, 0.05) is 6.61 Å². The second kappa shape index (κ2) is 5.67. The van der Waals surface area contributed by atoms with Crippen LogP contribution in [0, 0.1) is 6.92 Å². The van der Waals surface area contributed by atoms with Crippen LogP contribution in [0.3, 0.4) is 0 Å². The predicted octanol–water partition coefficient (Wildman–Crippen LogP) is 3.32. The lowest BCUT2D eigenvalue weighted by Gasteiger charge is -2.27. The summed E-state index contributed by atoms with van der Waals surface area (Å²) in [6.07, 6.45) is 0. The first-order valence-corrected chi connectivity index (χ1v) is 12.7. The van der Waals surface area contributed by atoms with E-state index in [0.29, 0.717) is 6.61 Å². The van der Waals surface area contributed by atoms with E-state index < -0.39 is 29.8 Å². The zero-order chi connectivity index (χ0) is 17.7. The van der Waals surface area contributed by atoms with Crippen LogP contribution in [-0.4, -0.2) is 39.1 Å². The molecule has 1 aromatic carbocycles. The Bertz CT molecular complexity index is 679. The Labute approximate surface area is 140 Å². The van der Waals surface area contributed by atoms with E-state index in [0.717, 1.165) is 5.56 Å². The number of benzene rings is 1. The summed E-state index contributed by atoms with van der Waals surface area (Å²) >= 11 is 0. The molecule has 0 aliphatic carbocycles. The zero-order valence-corrected chi connectivity index (χ0v) is 16.8. The van der Waals surface area contributed by atoms with Gasteiger partial charge in [0.15, 0.2) is 8.32 Å². The van der Waals surface area contributed by atoms with Crippen LogP contribution < -0.4 is 0 Å². The van der Waals surface area contributed by atoms with Crippen molar-refractivity contribution < 1.29 is 17.6 Å². The van der Waals surface area contributed by atoms with Crippen molar-refractivity contribution in [2.24, 2.45) is 0 Å². The Kier molecular flexibility index (Phi) is 4.58. The summed E-state index contributed by atoms with van der Waals surface area (Å²) in [5.41, 5.74) is 0.274. The van der Waals surface area contributed by atoms with Crippen LogP contribution in [0.2, 0.25) is 19.6 Å². The average molecular weight is 358 g/mol. The lowest BCUT2D eigenvalue weighted by Crippen LogP contribution is -2.41. The van der Waals surface area contributed by atoms with Crippen LogP contribution in [0.4, 0.5) is 0 Å². The van der Waals surface area contributed by atoms with Gasteiger partial charge in [-0.3, -0.25) is 0 Å². The fourth-order valence-corrected chi connectivity index (χ4v) is 6.10. The number of rotatable bonds is 6. The first-order chi connectivity index (χ1) is 10.4. The van der Waals surface area contributed by atoms with Gasteiger partial charge in [-0.05, 0) is 59.5 Å². The van der Waals surface area contributed by atoms with E-state index in [1.807, 2.05) is 47.3 Å². The maximum Gasteiger partial charge on any atom is 0.254 e. The van der Waals surface area contributed by atoms with Gasteiger partial charge in [0.2, 0.25) is 10.0 Å². The minimum atomic E-state index is -3.69. The van der Waals surface area contributed by atoms with Crippen molar-refractivity contribution >= 4 is 18.3 Å². The Morgan fingerprint density at radius 3 is 2.09 bits per heavy atom. The molecule has 2 unspecified atom stereocenters. The van der Waals surface area contributed by atoms with Crippen LogP contribution >= 0.6 is 0 Å². The topological polar surface area (TPSA) is 55.6 Å². The molecule has 2 rings (SSSR count). The van der Waals surface area contributed by atoms with Crippen molar-refractivity contribution in [3.05, 3.63) is 29.8 Å². The molecule has 0 amide bonds. The van der Waals surface area contributed by atoms with Gasteiger partial charge >= 0.3 is 0 Å². The molecule has 1 aromatic rings. The molecule has 0 spiro atoms. The second-order valence-corrected chi connectivity index (χ2v) is 13.6. The Morgan fingerprint density at radius 1 is 1.13 bits per heavy atom. The monoisotopic (exact) mass is 357 g/mol. The fraction of sp³-hybridized carbons (Fsp3) is 0.625. The van der Waals surface area contributed by atoms with Gasteiger partial charge in [0.1, 0.15) is 5.54 Å². The predicted molar refractivity (Wildman–Crippen MR) is 93.1 cm³/mol. The van der Waals surface area contributed by atoms with Gasteiger partial charge < -0.3 is 9.16 Å². The van der Waals surface area contributed by atoms with Gasteiger partial charge in [-0.25, -0.2) is 8.42 Å². The van der Waals surface area contributed by atoms with E-state index in [4.69, 9.17) is 9.16 Å². The highest BCUT2D eigenvalue weighted by molar-refractivity contribution is 7.89. The molecule has 0 bridgehead atoms. The normalized spacial score (nSPS) is 27.0. The van der Waals surface area contributed by atoms with Crippen LogP contribution in [-0.2, 0) is 19.2 Å². The zero-order valence-electron chi connectivity index (χ0n) is 15.0. The van der Waals surface area contributed by atoms with E-state index >= 15 is 0 Å². The third-order valence-electron chi connectivity index (χ3n) is 3.84. The Morgan fingerprint density at radius 2 is 1.65 bits per heavy atom. The van der Waals surface area contributed by atoms with E-state index in [9.17, 15) is 8.42 Å². The largest absolute Gasteiger partial charge is 0.377 e.